The highest BCUT2D eigenvalue weighted by Crippen LogP contribution is 2.31. The molecule has 5 heteroatoms. The van der Waals surface area contributed by atoms with Crippen LogP contribution in [0.4, 0.5) is 0 Å². The molecule has 96 valence electrons. The Bertz CT molecular complexity index is 361. The number of rotatable bonds is 3. The number of morpholine rings is 1. The second-order valence-corrected chi connectivity index (χ2v) is 6.35. The third-order valence-corrected chi connectivity index (χ3v) is 4.37. The predicted molar refractivity (Wildman–Crippen MR) is 72.7 cm³/mol. The third-order valence-electron chi connectivity index (χ3n) is 3.03. The van der Waals surface area contributed by atoms with Gasteiger partial charge >= 0.3 is 0 Å². The summed E-state index contributed by atoms with van der Waals surface area (Å²) in [6.45, 7) is 6.70. The summed E-state index contributed by atoms with van der Waals surface area (Å²) in [4.78, 5) is 3.65. The molecule has 3 nitrogen and oxygen atoms in total. The van der Waals surface area contributed by atoms with Gasteiger partial charge in [-0.15, -0.1) is 11.3 Å². The molecule has 0 bridgehead atoms. The molecule has 1 saturated heterocycles. The van der Waals surface area contributed by atoms with Crippen molar-refractivity contribution in [2.75, 3.05) is 19.6 Å². The van der Waals surface area contributed by atoms with Crippen molar-refractivity contribution in [1.29, 1.82) is 0 Å². The molecular weight excluding hydrogens is 256 g/mol. The number of halogens is 1. The minimum Gasteiger partial charge on any atom is -0.373 e. The molecule has 3 atom stereocenters. The van der Waals surface area contributed by atoms with E-state index in [-0.39, 0.29) is 18.2 Å². The molecule has 1 unspecified atom stereocenters. The molecule has 1 aliphatic heterocycles. The number of hydrogen-bond donors (Lipinski definition) is 1. The van der Waals surface area contributed by atoms with Crippen molar-refractivity contribution in [3.8, 4) is 0 Å². The maximum absolute atomic E-state index is 5.99. The summed E-state index contributed by atoms with van der Waals surface area (Å²) in [5, 5.41) is 0. The second kappa shape index (κ2) is 5.67. The van der Waals surface area contributed by atoms with Crippen molar-refractivity contribution in [2.45, 2.75) is 32.1 Å². The average molecular weight is 275 g/mol. The van der Waals surface area contributed by atoms with Crippen LogP contribution >= 0.6 is 22.9 Å². The van der Waals surface area contributed by atoms with Gasteiger partial charge in [0.15, 0.2) is 0 Å². The van der Waals surface area contributed by atoms with Crippen LogP contribution in [0.1, 0.15) is 24.8 Å². The van der Waals surface area contributed by atoms with E-state index in [0.717, 1.165) is 17.4 Å². The molecule has 2 heterocycles. The van der Waals surface area contributed by atoms with Crippen LogP contribution in [0.5, 0.6) is 0 Å². The van der Waals surface area contributed by atoms with E-state index in [1.54, 1.807) is 11.3 Å². The van der Waals surface area contributed by atoms with Crippen molar-refractivity contribution in [2.24, 2.45) is 5.73 Å². The standard InChI is InChI=1S/C12H19ClN2OS/c1-8-6-15(7-9(2)16-8)10(5-14)11-3-4-12(13)17-11/h3-4,8-10H,5-7,14H2,1-2H3/t8-,9+,10?. The molecule has 0 radical (unpaired) electrons. The molecule has 0 spiro atoms. The quantitative estimate of drug-likeness (QED) is 0.920. The van der Waals surface area contributed by atoms with E-state index >= 15 is 0 Å². The molecule has 2 N–H and O–H groups in total. The van der Waals surface area contributed by atoms with Crippen LogP contribution in [0.15, 0.2) is 12.1 Å². The fraction of sp³-hybridized carbons (Fsp3) is 0.667. The first-order valence-corrected chi connectivity index (χ1v) is 7.14. The first-order valence-electron chi connectivity index (χ1n) is 5.95. The maximum Gasteiger partial charge on any atom is 0.0931 e. The van der Waals surface area contributed by atoms with Gasteiger partial charge in [0.25, 0.3) is 0 Å². The summed E-state index contributed by atoms with van der Waals surface area (Å²) in [5.74, 6) is 0. The summed E-state index contributed by atoms with van der Waals surface area (Å²) >= 11 is 7.61. The molecule has 17 heavy (non-hydrogen) atoms. The molecule has 0 aromatic carbocycles. The normalized spacial score (nSPS) is 28.2. The van der Waals surface area contributed by atoms with Gasteiger partial charge in [-0.05, 0) is 26.0 Å². The summed E-state index contributed by atoms with van der Waals surface area (Å²) in [6, 6.07) is 4.29. The summed E-state index contributed by atoms with van der Waals surface area (Å²) in [5.41, 5.74) is 5.92. The second-order valence-electron chi connectivity index (χ2n) is 4.60. The Morgan fingerprint density at radius 1 is 1.47 bits per heavy atom. The van der Waals surface area contributed by atoms with Crippen molar-refractivity contribution in [3.63, 3.8) is 0 Å². The monoisotopic (exact) mass is 274 g/mol. The number of nitrogens with two attached hydrogens (primary N) is 1. The smallest absolute Gasteiger partial charge is 0.0931 e. The Hall–Kier alpha value is -0.130. The zero-order valence-corrected chi connectivity index (χ0v) is 11.8. The third kappa shape index (κ3) is 3.20. The van der Waals surface area contributed by atoms with E-state index in [1.165, 1.54) is 4.88 Å². The van der Waals surface area contributed by atoms with Crippen molar-refractivity contribution >= 4 is 22.9 Å². The molecule has 2 rings (SSSR count). The summed E-state index contributed by atoms with van der Waals surface area (Å²) in [6.07, 6.45) is 0.534. The van der Waals surface area contributed by atoms with Crippen LogP contribution < -0.4 is 5.73 Å². The van der Waals surface area contributed by atoms with Crippen LogP contribution in [0, 0.1) is 0 Å². The summed E-state index contributed by atoms with van der Waals surface area (Å²) in [7, 11) is 0. The zero-order valence-electron chi connectivity index (χ0n) is 10.2. The topological polar surface area (TPSA) is 38.5 Å². The van der Waals surface area contributed by atoms with Gasteiger partial charge in [0.05, 0.1) is 22.6 Å². The van der Waals surface area contributed by atoms with Crippen LogP contribution in [0.2, 0.25) is 4.34 Å². The number of ether oxygens (including phenoxy) is 1. The zero-order chi connectivity index (χ0) is 12.4. The van der Waals surface area contributed by atoms with Crippen LogP contribution in [0.3, 0.4) is 0 Å². The van der Waals surface area contributed by atoms with Crippen molar-refractivity contribution < 1.29 is 4.74 Å². The molecular formula is C12H19ClN2OS. The van der Waals surface area contributed by atoms with E-state index < -0.39 is 0 Å². The minimum absolute atomic E-state index is 0.265. The van der Waals surface area contributed by atoms with Crippen LogP contribution in [-0.2, 0) is 4.74 Å². The van der Waals surface area contributed by atoms with E-state index in [1.807, 2.05) is 6.07 Å². The molecule has 0 amide bonds. The van der Waals surface area contributed by atoms with Gasteiger partial charge in [0.2, 0.25) is 0 Å². The predicted octanol–water partition coefficient (Wildman–Crippen LogP) is 2.51. The Labute approximate surface area is 112 Å². The number of nitrogens with zero attached hydrogens (tertiary/aromatic N) is 1. The Kier molecular flexibility index (Phi) is 4.44. The maximum atomic E-state index is 5.99. The van der Waals surface area contributed by atoms with Crippen LogP contribution in [0.25, 0.3) is 0 Å². The Morgan fingerprint density at radius 3 is 2.59 bits per heavy atom. The van der Waals surface area contributed by atoms with Gasteiger partial charge < -0.3 is 10.5 Å². The highest BCUT2D eigenvalue weighted by Gasteiger charge is 2.28. The van der Waals surface area contributed by atoms with Crippen molar-refractivity contribution in [1.82, 2.24) is 4.90 Å². The lowest BCUT2D eigenvalue weighted by atomic mass is 10.1. The van der Waals surface area contributed by atoms with E-state index in [2.05, 4.69) is 24.8 Å². The molecule has 1 aromatic rings. The van der Waals surface area contributed by atoms with Gasteiger partial charge in [-0.2, -0.15) is 0 Å². The van der Waals surface area contributed by atoms with Crippen molar-refractivity contribution in [3.05, 3.63) is 21.3 Å². The lowest BCUT2D eigenvalue weighted by Crippen LogP contribution is -2.48. The van der Waals surface area contributed by atoms with E-state index in [9.17, 15) is 0 Å². The highest BCUT2D eigenvalue weighted by atomic mass is 35.5. The van der Waals surface area contributed by atoms with Gasteiger partial charge in [0.1, 0.15) is 0 Å². The Morgan fingerprint density at radius 2 is 2.12 bits per heavy atom. The first-order chi connectivity index (χ1) is 8.10. The van der Waals surface area contributed by atoms with E-state index in [4.69, 9.17) is 22.1 Å². The number of thiophene rings is 1. The van der Waals surface area contributed by atoms with Gasteiger partial charge in [0, 0.05) is 24.5 Å². The fourth-order valence-electron chi connectivity index (χ4n) is 2.42. The fourth-order valence-corrected chi connectivity index (χ4v) is 3.63. The van der Waals surface area contributed by atoms with Gasteiger partial charge in [-0.3, -0.25) is 4.90 Å². The van der Waals surface area contributed by atoms with Gasteiger partial charge in [-0.25, -0.2) is 0 Å². The van der Waals surface area contributed by atoms with Gasteiger partial charge in [-0.1, -0.05) is 11.6 Å². The molecule has 0 aliphatic carbocycles. The molecule has 1 fully saturated rings. The first kappa shape index (κ1) is 13.3. The average Bonchev–Trinajstić information content (AvgIpc) is 2.64. The largest absolute Gasteiger partial charge is 0.373 e. The number of hydrogen-bond acceptors (Lipinski definition) is 4. The lowest BCUT2D eigenvalue weighted by Gasteiger charge is -2.39. The lowest BCUT2D eigenvalue weighted by molar-refractivity contribution is -0.0795. The molecule has 0 saturated carbocycles. The van der Waals surface area contributed by atoms with Crippen LogP contribution in [-0.4, -0.2) is 36.7 Å². The highest BCUT2D eigenvalue weighted by molar-refractivity contribution is 7.16. The van der Waals surface area contributed by atoms with E-state index in [0.29, 0.717) is 6.54 Å². The summed E-state index contributed by atoms with van der Waals surface area (Å²) < 4.78 is 6.57. The molecule has 1 aromatic heterocycles. The SMILES string of the molecule is C[C@@H]1CN(C(CN)c2ccc(Cl)s2)C[C@H](C)O1. The Balaban J connectivity index is 2.12. The molecule has 1 aliphatic rings. The minimum atomic E-state index is 0.265.